The number of hydrogen-bond acceptors (Lipinski definition) is 7. The Balaban J connectivity index is 1.55. The molecule has 0 spiro atoms. The molecule has 2 N–H and O–H groups in total. The first-order valence-electron chi connectivity index (χ1n) is 8.48. The number of aromatic nitrogens is 3. The molecule has 3 heterocycles. The fourth-order valence-corrected chi connectivity index (χ4v) is 4.06. The molecule has 7 nitrogen and oxygen atoms in total. The number of nitrogens with zero attached hydrogens (tertiary/aromatic N) is 4. The van der Waals surface area contributed by atoms with Gasteiger partial charge in [-0.05, 0) is 30.3 Å². The lowest BCUT2D eigenvalue weighted by atomic mass is 10.1. The largest absolute Gasteiger partial charge is 0.344 e. The number of carbonyl (C=O) groups is 1. The second kappa shape index (κ2) is 7.55. The van der Waals surface area contributed by atoms with Crippen LogP contribution in [0, 0.1) is 5.82 Å². The van der Waals surface area contributed by atoms with Crippen LogP contribution in [0.2, 0.25) is 0 Å². The van der Waals surface area contributed by atoms with Gasteiger partial charge in [0.1, 0.15) is 5.82 Å². The van der Waals surface area contributed by atoms with E-state index in [0.717, 1.165) is 16.0 Å². The van der Waals surface area contributed by atoms with Crippen molar-refractivity contribution in [1.82, 2.24) is 15.0 Å². The Kier molecular flexibility index (Phi) is 4.97. The lowest BCUT2D eigenvalue weighted by Gasteiger charge is -2.21. The van der Waals surface area contributed by atoms with Crippen LogP contribution in [-0.2, 0) is 22.6 Å². The summed E-state index contributed by atoms with van der Waals surface area (Å²) in [5.41, 5.74) is 6.75. The molecule has 27 heavy (non-hydrogen) atoms. The quantitative estimate of drug-likeness (QED) is 0.652. The summed E-state index contributed by atoms with van der Waals surface area (Å²) in [7, 11) is 0. The molecule has 9 heteroatoms. The lowest BCUT2D eigenvalue weighted by Crippen LogP contribution is -2.31. The number of ether oxygens (including phenoxy) is 1. The highest BCUT2D eigenvalue weighted by Crippen LogP contribution is 2.33. The van der Waals surface area contributed by atoms with Gasteiger partial charge in [0.2, 0.25) is 0 Å². The van der Waals surface area contributed by atoms with Crippen molar-refractivity contribution in [1.29, 1.82) is 0 Å². The molecule has 1 saturated heterocycles. The van der Waals surface area contributed by atoms with E-state index in [4.69, 9.17) is 10.5 Å². The van der Waals surface area contributed by atoms with Gasteiger partial charge in [-0.3, -0.25) is 4.79 Å². The highest BCUT2D eigenvalue weighted by Gasteiger charge is 2.33. The highest BCUT2D eigenvalue weighted by molar-refractivity contribution is 7.15. The summed E-state index contributed by atoms with van der Waals surface area (Å²) in [5, 5.41) is 7.67. The molecule has 1 unspecified atom stereocenters. The van der Waals surface area contributed by atoms with Crippen molar-refractivity contribution in [2.75, 3.05) is 11.4 Å². The zero-order valence-electron chi connectivity index (χ0n) is 14.4. The van der Waals surface area contributed by atoms with Gasteiger partial charge in [-0.15, -0.1) is 16.4 Å². The molecule has 1 aromatic carbocycles. The van der Waals surface area contributed by atoms with E-state index < -0.39 is 6.23 Å². The zero-order valence-corrected chi connectivity index (χ0v) is 15.2. The van der Waals surface area contributed by atoms with Gasteiger partial charge in [-0.1, -0.05) is 5.21 Å². The third-order valence-corrected chi connectivity index (χ3v) is 5.57. The third kappa shape index (κ3) is 3.61. The Morgan fingerprint density at radius 1 is 1.37 bits per heavy atom. The molecule has 2 aromatic heterocycles. The number of benzene rings is 1. The van der Waals surface area contributed by atoms with Crippen LogP contribution in [0.1, 0.15) is 4.88 Å². The maximum Gasteiger partial charge on any atom is 0.187 e. The first-order valence-corrected chi connectivity index (χ1v) is 9.30. The number of hydrogen-bond donors (Lipinski definition) is 1. The molecule has 1 aliphatic rings. The lowest BCUT2D eigenvalue weighted by molar-refractivity contribution is -0.117. The Morgan fingerprint density at radius 2 is 2.26 bits per heavy atom. The van der Waals surface area contributed by atoms with Gasteiger partial charge in [0, 0.05) is 40.3 Å². The number of nitrogens with two attached hydrogens (primary N) is 1. The number of anilines is 1. The molecule has 0 radical (unpaired) electrons. The van der Waals surface area contributed by atoms with Crippen molar-refractivity contribution >= 4 is 23.3 Å². The molecule has 0 bridgehead atoms. The fraction of sp³-hybridized carbons (Fsp3) is 0.278. The van der Waals surface area contributed by atoms with Gasteiger partial charge in [-0.2, -0.15) is 0 Å². The molecular formula is C18H18FN5O2S. The van der Waals surface area contributed by atoms with Gasteiger partial charge >= 0.3 is 0 Å². The first-order chi connectivity index (χ1) is 13.2. The van der Waals surface area contributed by atoms with E-state index in [1.165, 1.54) is 17.4 Å². The van der Waals surface area contributed by atoms with E-state index in [9.17, 15) is 9.18 Å². The predicted molar refractivity (Wildman–Crippen MR) is 99.7 cm³/mol. The Labute approximate surface area is 159 Å². The zero-order chi connectivity index (χ0) is 18.8. The fourth-order valence-electron chi connectivity index (χ4n) is 3.15. The molecule has 3 aromatic rings. The van der Waals surface area contributed by atoms with Crippen molar-refractivity contribution in [2.45, 2.75) is 25.4 Å². The van der Waals surface area contributed by atoms with Crippen LogP contribution >= 0.6 is 11.3 Å². The topological polar surface area (TPSA) is 86.3 Å². The predicted octanol–water partition coefficient (Wildman–Crippen LogP) is 2.03. The molecule has 0 aliphatic carbocycles. The van der Waals surface area contributed by atoms with Crippen molar-refractivity contribution < 1.29 is 13.9 Å². The van der Waals surface area contributed by atoms with Crippen LogP contribution < -0.4 is 10.6 Å². The summed E-state index contributed by atoms with van der Waals surface area (Å²) >= 11 is 1.47. The van der Waals surface area contributed by atoms with Crippen LogP contribution in [0.4, 0.5) is 10.1 Å². The third-order valence-electron chi connectivity index (χ3n) is 4.43. The van der Waals surface area contributed by atoms with Crippen molar-refractivity contribution in [2.24, 2.45) is 5.73 Å². The first kappa shape index (κ1) is 17.8. The number of rotatable bonds is 6. The number of thiophene rings is 1. The van der Waals surface area contributed by atoms with E-state index in [0.29, 0.717) is 30.9 Å². The van der Waals surface area contributed by atoms with Gasteiger partial charge < -0.3 is 15.4 Å². The number of aldehydes is 1. The summed E-state index contributed by atoms with van der Waals surface area (Å²) in [5.74, 6) is -0.345. The Hall–Kier alpha value is -2.62. The highest BCUT2D eigenvalue weighted by atomic mass is 32.1. The van der Waals surface area contributed by atoms with Crippen LogP contribution in [0.3, 0.4) is 0 Å². The molecule has 0 amide bonds. The van der Waals surface area contributed by atoms with Crippen LogP contribution in [0.15, 0.2) is 42.7 Å². The van der Waals surface area contributed by atoms with Gasteiger partial charge in [0.25, 0.3) is 0 Å². The molecule has 4 rings (SSSR count). The molecular weight excluding hydrogens is 369 g/mol. The summed E-state index contributed by atoms with van der Waals surface area (Å²) in [4.78, 5) is 15.0. The van der Waals surface area contributed by atoms with Gasteiger partial charge in [0.05, 0.1) is 18.8 Å². The van der Waals surface area contributed by atoms with E-state index in [1.54, 1.807) is 34.1 Å². The van der Waals surface area contributed by atoms with Crippen molar-refractivity contribution in [3.05, 3.63) is 53.4 Å². The molecule has 0 saturated carbocycles. The van der Waals surface area contributed by atoms with Crippen molar-refractivity contribution in [3.63, 3.8) is 0 Å². The van der Waals surface area contributed by atoms with Crippen LogP contribution in [-0.4, -0.2) is 40.2 Å². The van der Waals surface area contributed by atoms with Crippen molar-refractivity contribution in [3.8, 4) is 10.4 Å². The number of halogens is 1. The smallest absolute Gasteiger partial charge is 0.187 e. The standard InChI is InChI=1S/C18H18FN5O2S/c19-16-7-12(1-3-15(16)17-4-2-14(8-20)27-17)24-10-13(26-18(24)11-25)9-23-6-5-21-22-23/h1-7,11,13,18H,8-10,20H2/t13-,18?/m0/s1. The summed E-state index contributed by atoms with van der Waals surface area (Å²) in [6.45, 7) is 1.36. The van der Waals surface area contributed by atoms with E-state index in [1.807, 2.05) is 12.1 Å². The molecule has 1 fully saturated rings. The summed E-state index contributed by atoms with van der Waals surface area (Å²) in [6.07, 6.45) is 3.04. The average molecular weight is 387 g/mol. The Bertz CT molecular complexity index is 930. The summed E-state index contributed by atoms with van der Waals surface area (Å²) < 4.78 is 22.1. The minimum absolute atomic E-state index is 0.242. The van der Waals surface area contributed by atoms with E-state index in [-0.39, 0.29) is 11.9 Å². The summed E-state index contributed by atoms with van der Waals surface area (Å²) in [6, 6.07) is 8.74. The number of carbonyl (C=O) groups excluding carboxylic acids is 1. The second-order valence-electron chi connectivity index (χ2n) is 6.20. The SMILES string of the molecule is NCc1ccc(-c2ccc(N3C[C@H](Cn4ccnn4)OC3C=O)cc2F)s1. The van der Waals surface area contributed by atoms with Crippen LogP contribution in [0.5, 0.6) is 0 Å². The molecule has 2 atom stereocenters. The normalized spacial score (nSPS) is 19.6. The second-order valence-corrected chi connectivity index (χ2v) is 7.36. The monoisotopic (exact) mass is 387 g/mol. The molecule has 1 aliphatic heterocycles. The van der Waals surface area contributed by atoms with Gasteiger partial charge in [0.15, 0.2) is 12.5 Å². The molecule has 140 valence electrons. The average Bonchev–Trinajstić information content (AvgIpc) is 3.42. The minimum Gasteiger partial charge on any atom is -0.344 e. The van der Waals surface area contributed by atoms with E-state index >= 15 is 0 Å². The maximum atomic E-state index is 14.7. The Morgan fingerprint density at radius 3 is 2.93 bits per heavy atom. The maximum absolute atomic E-state index is 14.7. The van der Waals surface area contributed by atoms with Gasteiger partial charge in [-0.25, -0.2) is 9.07 Å². The minimum atomic E-state index is -0.755. The van der Waals surface area contributed by atoms with E-state index in [2.05, 4.69) is 10.3 Å². The van der Waals surface area contributed by atoms with Crippen LogP contribution in [0.25, 0.3) is 10.4 Å².